The number of nitrogens with zero attached hydrogens (tertiary/aromatic N) is 3. The molecule has 5 nitrogen and oxygen atoms in total. The molecule has 0 aliphatic carbocycles. The number of halogens is 2. The summed E-state index contributed by atoms with van der Waals surface area (Å²) in [5.41, 5.74) is 1.66. The number of hydrogen-bond donors (Lipinski definition) is 1. The molecule has 0 saturated heterocycles. The maximum absolute atomic E-state index is 13.3. The molecule has 25 heavy (non-hydrogen) atoms. The zero-order chi connectivity index (χ0) is 17.8. The van der Waals surface area contributed by atoms with Gasteiger partial charge < -0.3 is 5.32 Å². The molecule has 3 rings (SSSR count). The van der Waals surface area contributed by atoms with Gasteiger partial charge in [0.2, 0.25) is 0 Å². The Balaban J connectivity index is 1.66. The summed E-state index contributed by atoms with van der Waals surface area (Å²) < 4.78 is 27.8. The quantitative estimate of drug-likeness (QED) is 0.775. The number of amides is 1. The summed E-state index contributed by atoms with van der Waals surface area (Å²) in [6.45, 7) is 2.18. The van der Waals surface area contributed by atoms with Crippen LogP contribution >= 0.6 is 0 Å². The van der Waals surface area contributed by atoms with Crippen LogP contribution < -0.4 is 5.32 Å². The summed E-state index contributed by atoms with van der Waals surface area (Å²) >= 11 is 0. The molecular weight excluding hydrogens is 326 g/mol. The van der Waals surface area contributed by atoms with Gasteiger partial charge in [0.1, 0.15) is 0 Å². The van der Waals surface area contributed by atoms with Gasteiger partial charge in [0.25, 0.3) is 5.91 Å². The van der Waals surface area contributed by atoms with Crippen LogP contribution in [0, 0.1) is 11.6 Å². The van der Waals surface area contributed by atoms with Gasteiger partial charge in [0.05, 0.1) is 18.8 Å². The Morgan fingerprint density at radius 1 is 1.16 bits per heavy atom. The molecule has 0 spiro atoms. The van der Waals surface area contributed by atoms with Crippen molar-refractivity contribution in [1.82, 2.24) is 20.3 Å². The summed E-state index contributed by atoms with van der Waals surface area (Å²) in [7, 11) is 0. The lowest BCUT2D eigenvalue weighted by atomic mass is 10.1. The fraction of sp³-hybridized carbons (Fsp3) is 0.167. The maximum Gasteiger partial charge on any atom is 0.273 e. The number of rotatable bonds is 5. The highest BCUT2D eigenvalue weighted by molar-refractivity contribution is 5.92. The number of carbonyl (C=O) groups excluding carboxylic acids is 1. The van der Waals surface area contributed by atoms with E-state index in [1.54, 1.807) is 17.8 Å². The monoisotopic (exact) mass is 342 g/mol. The van der Waals surface area contributed by atoms with E-state index in [2.05, 4.69) is 15.6 Å². The third-order valence-electron chi connectivity index (χ3n) is 3.75. The summed E-state index contributed by atoms with van der Waals surface area (Å²) in [5, 5.41) is 10.5. The van der Waals surface area contributed by atoms with Crippen LogP contribution in [0.25, 0.3) is 0 Å². The molecule has 0 saturated carbocycles. The smallest absolute Gasteiger partial charge is 0.273 e. The first kappa shape index (κ1) is 16.8. The van der Waals surface area contributed by atoms with E-state index in [0.717, 1.165) is 17.7 Å². The standard InChI is InChI=1S/C18H16F2N4O/c1-12(14-7-8-15(19)16(20)9-14)21-18(25)17-11-24(23-22-17)10-13-5-3-2-4-6-13/h2-9,11-12H,10H2,1H3,(H,21,25)/t12-/m1/s1. The van der Waals surface area contributed by atoms with E-state index in [4.69, 9.17) is 0 Å². The Hall–Kier alpha value is -3.09. The molecule has 0 radical (unpaired) electrons. The normalized spacial score (nSPS) is 12.0. The highest BCUT2D eigenvalue weighted by Crippen LogP contribution is 2.16. The fourth-order valence-corrected chi connectivity index (χ4v) is 2.39. The first-order valence-corrected chi connectivity index (χ1v) is 7.73. The van der Waals surface area contributed by atoms with Crippen LogP contribution in [-0.4, -0.2) is 20.9 Å². The molecule has 1 amide bonds. The van der Waals surface area contributed by atoms with Crippen molar-refractivity contribution in [1.29, 1.82) is 0 Å². The van der Waals surface area contributed by atoms with Crippen molar-refractivity contribution >= 4 is 5.91 Å². The number of aromatic nitrogens is 3. The van der Waals surface area contributed by atoms with Crippen molar-refractivity contribution < 1.29 is 13.6 Å². The molecule has 1 heterocycles. The molecule has 1 N–H and O–H groups in total. The summed E-state index contributed by atoms with van der Waals surface area (Å²) in [4.78, 5) is 12.3. The minimum Gasteiger partial charge on any atom is -0.344 e. The van der Waals surface area contributed by atoms with Crippen LogP contribution in [0.2, 0.25) is 0 Å². The van der Waals surface area contributed by atoms with Crippen LogP contribution in [0.4, 0.5) is 8.78 Å². The first-order valence-electron chi connectivity index (χ1n) is 7.73. The molecule has 0 aliphatic rings. The van der Waals surface area contributed by atoms with Crippen molar-refractivity contribution in [2.75, 3.05) is 0 Å². The lowest BCUT2D eigenvalue weighted by Crippen LogP contribution is -2.27. The van der Waals surface area contributed by atoms with Crippen molar-refractivity contribution in [3.8, 4) is 0 Å². The Morgan fingerprint density at radius 3 is 2.64 bits per heavy atom. The highest BCUT2D eigenvalue weighted by atomic mass is 19.2. The van der Waals surface area contributed by atoms with Crippen LogP contribution in [0.1, 0.15) is 34.6 Å². The highest BCUT2D eigenvalue weighted by Gasteiger charge is 2.16. The second-order valence-corrected chi connectivity index (χ2v) is 5.66. The fourth-order valence-electron chi connectivity index (χ4n) is 2.39. The molecular formula is C18H16F2N4O. The molecule has 0 fully saturated rings. The van der Waals surface area contributed by atoms with Gasteiger partial charge in [-0.25, -0.2) is 13.5 Å². The number of nitrogens with one attached hydrogen (secondary N) is 1. The summed E-state index contributed by atoms with van der Waals surface area (Å²) in [5.74, 6) is -2.31. The third-order valence-corrected chi connectivity index (χ3v) is 3.75. The molecule has 0 aliphatic heterocycles. The van der Waals surface area contributed by atoms with Crippen molar-refractivity contribution in [2.24, 2.45) is 0 Å². The Morgan fingerprint density at radius 2 is 1.92 bits per heavy atom. The minimum atomic E-state index is -0.951. The molecule has 0 bridgehead atoms. The molecule has 128 valence electrons. The van der Waals surface area contributed by atoms with Crippen molar-refractivity contribution in [3.05, 3.63) is 83.2 Å². The van der Waals surface area contributed by atoms with Gasteiger partial charge in [0.15, 0.2) is 17.3 Å². The molecule has 0 unspecified atom stereocenters. The summed E-state index contributed by atoms with van der Waals surface area (Å²) in [6, 6.07) is 12.7. The molecule has 1 atom stereocenters. The van der Waals surface area contributed by atoms with Crippen LogP contribution in [-0.2, 0) is 6.54 Å². The summed E-state index contributed by atoms with van der Waals surface area (Å²) in [6.07, 6.45) is 1.54. The largest absolute Gasteiger partial charge is 0.344 e. The first-order chi connectivity index (χ1) is 12.0. The van der Waals surface area contributed by atoms with Crippen LogP contribution in [0.15, 0.2) is 54.7 Å². The van der Waals surface area contributed by atoms with E-state index in [9.17, 15) is 13.6 Å². The van der Waals surface area contributed by atoms with Gasteiger partial charge in [-0.2, -0.15) is 0 Å². The van der Waals surface area contributed by atoms with Crippen LogP contribution in [0.3, 0.4) is 0 Å². The number of benzene rings is 2. The van der Waals surface area contributed by atoms with Crippen molar-refractivity contribution in [2.45, 2.75) is 19.5 Å². The minimum absolute atomic E-state index is 0.158. The molecule has 2 aromatic carbocycles. The predicted molar refractivity (Wildman–Crippen MR) is 87.8 cm³/mol. The number of carbonyl (C=O) groups is 1. The second-order valence-electron chi connectivity index (χ2n) is 5.66. The molecule has 3 aromatic rings. The zero-order valence-electron chi connectivity index (χ0n) is 13.5. The van der Waals surface area contributed by atoms with Gasteiger partial charge in [-0.15, -0.1) is 5.10 Å². The topological polar surface area (TPSA) is 59.8 Å². The zero-order valence-corrected chi connectivity index (χ0v) is 13.5. The Kier molecular flexibility index (Phi) is 4.83. The third kappa shape index (κ3) is 4.06. The average Bonchev–Trinajstić information content (AvgIpc) is 3.07. The van der Waals surface area contributed by atoms with Crippen molar-refractivity contribution in [3.63, 3.8) is 0 Å². The van der Waals surface area contributed by atoms with Gasteiger partial charge in [-0.1, -0.05) is 41.6 Å². The lowest BCUT2D eigenvalue weighted by Gasteiger charge is -2.13. The average molecular weight is 342 g/mol. The van der Waals surface area contributed by atoms with Gasteiger partial charge in [-0.05, 0) is 30.2 Å². The lowest BCUT2D eigenvalue weighted by molar-refractivity contribution is 0.0934. The molecule has 7 heteroatoms. The second kappa shape index (κ2) is 7.21. The SMILES string of the molecule is C[C@@H](NC(=O)c1cn(Cc2ccccc2)nn1)c1ccc(F)c(F)c1. The van der Waals surface area contributed by atoms with Crippen LogP contribution in [0.5, 0.6) is 0 Å². The van der Waals surface area contributed by atoms with E-state index in [0.29, 0.717) is 12.1 Å². The van der Waals surface area contributed by atoms with Gasteiger partial charge in [0, 0.05) is 0 Å². The van der Waals surface area contributed by atoms with Gasteiger partial charge >= 0.3 is 0 Å². The van der Waals surface area contributed by atoms with E-state index in [-0.39, 0.29) is 5.69 Å². The predicted octanol–water partition coefficient (Wildman–Crippen LogP) is 3.10. The Bertz CT molecular complexity index is 880. The van der Waals surface area contributed by atoms with E-state index in [1.165, 1.54) is 6.07 Å². The molecule has 1 aromatic heterocycles. The van der Waals surface area contributed by atoms with Gasteiger partial charge in [-0.3, -0.25) is 4.79 Å². The van der Waals surface area contributed by atoms with E-state index < -0.39 is 23.6 Å². The Labute approximate surface area is 143 Å². The van der Waals surface area contributed by atoms with E-state index >= 15 is 0 Å². The maximum atomic E-state index is 13.3. The van der Waals surface area contributed by atoms with E-state index in [1.807, 2.05) is 30.3 Å². The number of hydrogen-bond acceptors (Lipinski definition) is 3.